The van der Waals surface area contributed by atoms with Gasteiger partial charge in [0, 0.05) is 23.6 Å². The number of benzene rings is 2. The third-order valence-corrected chi connectivity index (χ3v) is 4.08. The largest absolute Gasteiger partial charge is 0.497 e. The Labute approximate surface area is 144 Å². The number of rotatable bonds is 6. The molecule has 3 N–H and O–H groups in total. The topological polar surface area (TPSA) is 74.3 Å². The average Bonchev–Trinajstić information content (AvgIpc) is 3.03. The average molecular weight is 342 g/mol. The number of H-pyrrole nitrogens is 1. The zero-order valence-corrected chi connectivity index (χ0v) is 13.8. The molecule has 6 heteroatoms. The lowest BCUT2D eigenvalue weighted by Gasteiger charge is -2.12. The van der Waals surface area contributed by atoms with E-state index in [9.17, 15) is 14.3 Å². The van der Waals surface area contributed by atoms with Crippen LogP contribution in [0.15, 0.2) is 48.7 Å². The number of aliphatic hydroxyl groups is 1. The van der Waals surface area contributed by atoms with E-state index in [4.69, 9.17) is 4.74 Å². The zero-order valence-electron chi connectivity index (χ0n) is 13.8. The molecular formula is C19H19FN2O3. The second kappa shape index (κ2) is 7.36. The van der Waals surface area contributed by atoms with E-state index in [0.717, 1.165) is 16.5 Å². The fraction of sp³-hybridized carbons (Fsp3) is 0.211. The van der Waals surface area contributed by atoms with E-state index in [1.807, 2.05) is 0 Å². The maximum absolute atomic E-state index is 13.2. The molecule has 0 saturated heterocycles. The van der Waals surface area contributed by atoms with Gasteiger partial charge in [-0.15, -0.1) is 0 Å². The number of hydrogen-bond acceptors (Lipinski definition) is 3. The number of carbonyl (C=O) groups excluding carboxylic acids is 1. The zero-order chi connectivity index (χ0) is 17.8. The Kier molecular flexibility index (Phi) is 5.00. The first kappa shape index (κ1) is 17.0. The Balaban J connectivity index is 1.59. The van der Waals surface area contributed by atoms with E-state index < -0.39 is 12.0 Å². The van der Waals surface area contributed by atoms with Crippen LogP contribution in [0.2, 0.25) is 0 Å². The van der Waals surface area contributed by atoms with Crippen molar-refractivity contribution in [1.82, 2.24) is 10.3 Å². The molecule has 3 rings (SSSR count). The van der Waals surface area contributed by atoms with Crippen LogP contribution in [0.25, 0.3) is 10.9 Å². The van der Waals surface area contributed by atoms with E-state index in [0.29, 0.717) is 24.3 Å². The van der Waals surface area contributed by atoms with Crippen molar-refractivity contribution in [2.45, 2.75) is 12.5 Å². The summed E-state index contributed by atoms with van der Waals surface area (Å²) in [5, 5.41) is 13.8. The molecule has 3 aromatic rings. The lowest BCUT2D eigenvalue weighted by molar-refractivity contribution is -0.129. The highest BCUT2D eigenvalue weighted by molar-refractivity contribution is 5.84. The summed E-state index contributed by atoms with van der Waals surface area (Å²) >= 11 is 0. The van der Waals surface area contributed by atoms with Crippen LogP contribution in [0, 0.1) is 5.82 Å². The lowest BCUT2D eigenvalue weighted by atomic mass is 10.1. The van der Waals surface area contributed by atoms with Gasteiger partial charge in [0.2, 0.25) is 0 Å². The minimum absolute atomic E-state index is 0.296. The van der Waals surface area contributed by atoms with Crippen LogP contribution in [-0.2, 0) is 11.2 Å². The maximum atomic E-state index is 13.2. The van der Waals surface area contributed by atoms with E-state index in [1.54, 1.807) is 36.5 Å². The molecule has 130 valence electrons. The Morgan fingerprint density at radius 2 is 2.16 bits per heavy atom. The summed E-state index contributed by atoms with van der Waals surface area (Å²) in [6.07, 6.45) is 1.11. The van der Waals surface area contributed by atoms with Crippen molar-refractivity contribution in [2.75, 3.05) is 13.7 Å². The van der Waals surface area contributed by atoms with Gasteiger partial charge in [-0.25, -0.2) is 4.39 Å². The molecule has 0 spiro atoms. The summed E-state index contributed by atoms with van der Waals surface area (Å²) in [6.45, 7) is 0.365. The first-order chi connectivity index (χ1) is 12.1. The molecule has 0 saturated carbocycles. The van der Waals surface area contributed by atoms with Gasteiger partial charge in [0.1, 0.15) is 11.6 Å². The van der Waals surface area contributed by atoms with Crippen LogP contribution in [0.5, 0.6) is 5.75 Å². The number of hydrogen-bond donors (Lipinski definition) is 3. The number of aromatic amines is 1. The van der Waals surface area contributed by atoms with E-state index in [1.165, 1.54) is 19.2 Å². The van der Waals surface area contributed by atoms with E-state index in [2.05, 4.69) is 10.3 Å². The van der Waals surface area contributed by atoms with Crippen LogP contribution in [0.4, 0.5) is 4.39 Å². The number of carbonyl (C=O) groups is 1. The minimum Gasteiger partial charge on any atom is -0.497 e. The first-order valence-corrected chi connectivity index (χ1v) is 7.93. The van der Waals surface area contributed by atoms with Crippen molar-refractivity contribution in [3.63, 3.8) is 0 Å². The predicted octanol–water partition coefficient (Wildman–Crippen LogP) is 2.71. The van der Waals surface area contributed by atoms with Crippen molar-refractivity contribution >= 4 is 16.8 Å². The maximum Gasteiger partial charge on any atom is 0.253 e. The standard InChI is InChI=1S/C19H19FN2O3/c1-25-15-4-2-3-12(9-15)18(23)19(24)21-8-7-13-11-22-17-10-14(20)5-6-16(13)17/h2-6,9-11,18,22-23H,7-8H2,1H3,(H,21,24). The summed E-state index contributed by atoms with van der Waals surface area (Å²) in [6, 6.07) is 11.3. The van der Waals surface area contributed by atoms with Gasteiger partial charge in [-0.3, -0.25) is 4.79 Å². The van der Waals surface area contributed by atoms with E-state index in [-0.39, 0.29) is 5.82 Å². The number of aromatic nitrogens is 1. The SMILES string of the molecule is COc1cccc(C(O)C(=O)NCCc2c[nH]c3cc(F)ccc23)c1. The molecule has 0 aliphatic rings. The molecule has 1 unspecified atom stereocenters. The van der Waals surface area contributed by atoms with Gasteiger partial charge in [-0.05, 0) is 47.9 Å². The normalized spacial score (nSPS) is 12.1. The predicted molar refractivity (Wildman–Crippen MR) is 92.9 cm³/mol. The number of nitrogens with one attached hydrogen (secondary N) is 2. The van der Waals surface area contributed by atoms with Crippen LogP contribution in [0.3, 0.4) is 0 Å². The molecule has 1 heterocycles. The molecule has 2 aromatic carbocycles. The van der Waals surface area contributed by atoms with Gasteiger partial charge in [0.15, 0.2) is 6.10 Å². The molecule has 1 atom stereocenters. The molecular weight excluding hydrogens is 323 g/mol. The summed E-state index contributed by atoms with van der Waals surface area (Å²) in [4.78, 5) is 15.1. The second-order valence-electron chi connectivity index (χ2n) is 5.72. The Morgan fingerprint density at radius 3 is 2.96 bits per heavy atom. The quantitative estimate of drug-likeness (QED) is 0.645. The van der Waals surface area contributed by atoms with Crippen molar-refractivity contribution in [3.05, 3.63) is 65.6 Å². The monoisotopic (exact) mass is 342 g/mol. The van der Waals surface area contributed by atoms with Crippen molar-refractivity contribution in [3.8, 4) is 5.75 Å². The van der Waals surface area contributed by atoms with Crippen molar-refractivity contribution in [2.24, 2.45) is 0 Å². The number of amides is 1. The molecule has 25 heavy (non-hydrogen) atoms. The Morgan fingerprint density at radius 1 is 1.32 bits per heavy atom. The minimum atomic E-state index is -1.26. The molecule has 0 fully saturated rings. The third kappa shape index (κ3) is 3.80. The Hall–Kier alpha value is -2.86. The summed E-state index contributed by atoms with van der Waals surface area (Å²) in [5.74, 6) is -0.190. The van der Waals surface area contributed by atoms with Gasteiger partial charge >= 0.3 is 0 Å². The number of methoxy groups -OCH3 is 1. The van der Waals surface area contributed by atoms with Gasteiger partial charge in [-0.2, -0.15) is 0 Å². The van der Waals surface area contributed by atoms with Crippen molar-refractivity contribution in [1.29, 1.82) is 0 Å². The molecule has 0 aliphatic carbocycles. The number of halogens is 1. The highest BCUT2D eigenvalue weighted by Gasteiger charge is 2.17. The summed E-state index contributed by atoms with van der Waals surface area (Å²) in [7, 11) is 1.53. The number of fused-ring (bicyclic) bond motifs is 1. The second-order valence-corrected chi connectivity index (χ2v) is 5.72. The third-order valence-electron chi connectivity index (χ3n) is 4.08. The highest BCUT2D eigenvalue weighted by Crippen LogP contribution is 2.20. The molecule has 1 amide bonds. The van der Waals surface area contributed by atoms with Crippen LogP contribution >= 0.6 is 0 Å². The number of aliphatic hydroxyl groups excluding tert-OH is 1. The van der Waals surface area contributed by atoms with Crippen molar-refractivity contribution < 1.29 is 19.0 Å². The molecule has 0 aliphatic heterocycles. The van der Waals surface area contributed by atoms with Crippen LogP contribution < -0.4 is 10.1 Å². The fourth-order valence-corrected chi connectivity index (χ4v) is 2.75. The van der Waals surface area contributed by atoms with Gasteiger partial charge < -0.3 is 20.1 Å². The highest BCUT2D eigenvalue weighted by atomic mass is 19.1. The van der Waals surface area contributed by atoms with Gasteiger partial charge in [-0.1, -0.05) is 12.1 Å². The van der Waals surface area contributed by atoms with Gasteiger partial charge in [0.25, 0.3) is 5.91 Å². The summed E-state index contributed by atoms with van der Waals surface area (Å²) < 4.78 is 18.3. The number of ether oxygens (including phenoxy) is 1. The van der Waals surface area contributed by atoms with Crippen LogP contribution in [-0.4, -0.2) is 29.7 Å². The lowest BCUT2D eigenvalue weighted by Crippen LogP contribution is -2.30. The van der Waals surface area contributed by atoms with E-state index >= 15 is 0 Å². The molecule has 5 nitrogen and oxygen atoms in total. The van der Waals surface area contributed by atoms with Gasteiger partial charge in [0.05, 0.1) is 7.11 Å². The Bertz CT molecular complexity index is 891. The smallest absolute Gasteiger partial charge is 0.253 e. The van der Waals surface area contributed by atoms with Crippen LogP contribution in [0.1, 0.15) is 17.2 Å². The fourth-order valence-electron chi connectivity index (χ4n) is 2.75. The first-order valence-electron chi connectivity index (χ1n) is 7.93. The molecule has 1 aromatic heterocycles. The molecule has 0 bridgehead atoms. The summed E-state index contributed by atoms with van der Waals surface area (Å²) in [5.41, 5.74) is 2.17. The molecule has 0 radical (unpaired) electrons.